The molecule has 8 nitrogen and oxygen atoms in total. The molecule has 0 atom stereocenters. The molecule has 0 unspecified atom stereocenters. The molecule has 0 aromatic heterocycles. The number of carbonyl (C=O) groups is 3. The zero-order valence-corrected chi connectivity index (χ0v) is 19.4. The Labute approximate surface area is 195 Å². The molecule has 33 heavy (non-hydrogen) atoms. The molecule has 2 aliphatic heterocycles. The van der Waals surface area contributed by atoms with E-state index < -0.39 is 0 Å². The molecule has 8 heteroatoms. The summed E-state index contributed by atoms with van der Waals surface area (Å²) in [4.78, 5) is 44.6. The van der Waals surface area contributed by atoms with Crippen molar-refractivity contribution in [1.29, 1.82) is 0 Å². The maximum absolute atomic E-state index is 13.1. The Balaban J connectivity index is 1.34. The molecule has 1 aromatic carbocycles. The minimum Gasteiger partial charge on any atom is -0.366 e. The molecule has 2 saturated heterocycles. The van der Waals surface area contributed by atoms with Crippen molar-refractivity contribution in [3.05, 3.63) is 23.8 Å². The smallest absolute Gasteiger partial charge is 0.254 e. The SMILES string of the molecule is O=C(Nc1cc(C(=O)N2CCNCC2)ccc1N1CCN(C(=O)C2CC2)CC1)C1CCCC1. The fourth-order valence-electron chi connectivity index (χ4n) is 5.27. The van der Waals surface area contributed by atoms with Crippen molar-refractivity contribution < 1.29 is 14.4 Å². The van der Waals surface area contributed by atoms with Crippen LogP contribution in [0.15, 0.2) is 18.2 Å². The summed E-state index contributed by atoms with van der Waals surface area (Å²) in [5.74, 6) is 0.662. The van der Waals surface area contributed by atoms with Gasteiger partial charge in [0.25, 0.3) is 5.91 Å². The van der Waals surface area contributed by atoms with Crippen molar-refractivity contribution in [2.24, 2.45) is 11.8 Å². The van der Waals surface area contributed by atoms with Crippen LogP contribution in [0, 0.1) is 11.8 Å². The number of nitrogens with zero attached hydrogens (tertiary/aromatic N) is 3. The van der Waals surface area contributed by atoms with E-state index in [-0.39, 0.29) is 23.7 Å². The van der Waals surface area contributed by atoms with Crippen LogP contribution in [0.1, 0.15) is 48.9 Å². The first-order chi connectivity index (χ1) is 16.1. The third-order valence-electron chi connectivity index (χ3n) is 7.49. The van der Waals surface area contributed by atoms with Crippen LogP contribution in [-0.2, 0) is 9.59 Å². The number of benzene rings is 1. The van der Waals surface area contributed by atoms with Gasteiger partial charge in [-0.1, -0.05) is 12.8 Å². The summed E-state index contributed by atoms with van der Waals surface area (Å²) >= 11 is 0. The van der Waals surface area contributed by atoms with Crippen LogP contribution in [-0.4, -0.2) is 79.9 Å². The van der Waals surface area contributed by atoms with E-state index in [1.54, 1.807) is 0 Å². The van der Waals surface area contributed by atoms with Crippen LogP contribution in [0.3, 0.4) is 0 Å². The van der Waals surface area contributed by atoms with E-state index in [4.69, 9.17) is 0 Å². The van der Waals surface area contributed by atoms with E-state index in [0.29, 0.717) is 37.6 Å². The van der Waals surface area contributed by atoms with Gasteiger partial charge in [-0.3, -0.25) is 14.4 Å². The maximum atomic E-state index is 13.1. The lowest BCUT2D eigenvalue weighted by atomic mass is 10.1. The maximum Gasteiger partial charge on any atom is 0.254 e. The zero-order valence-electron chi connectivity index (χ0n) is 19.4. The van der Waals surface area contributed by atoms with E-state index in [1.165, 1.54) is 0 Å². The van der Waals surface area contributed by atoms with Crippen LogP contribution in [0.5, 0.6) is 0 Å². The Morgan fingerprint density at radius 3 is 2.18 bits per heavy atom. The first kappa shape index (κ1) is 22.2. The van der Waals surface area contributed by atoms with Gasteiger partial charge >= 0.3 is 0 Å². The fourth-order valence-corrected chi connectivity index (χ4v) is 5.27. The molecule has 178 valence electrons. The van der Waals surface area contributed by atoms with Crippen molar-refractivity contribution in [2.75, 3.05) is 62.6 Å². The Bertz CT molecular complexity index is 895. The molecule has 2 saturated carbocycles. The molecule has 2 N–H and O–H groups in total. The lowest BCUT2D eigenvalue weighted by Gasteiger charge is -2.37. The number of nitrogens with one attached hydrogen (secondary N) is 2. The quantitative estimate of drug-likeness (QED) is 0.712. The normalized spacial score (nSPS) is 21.9. The number of hydrogen-bond acceptors (Lipinski definition) is 5. The number of hydrogen-bond donors (Lipinski definition) is 2. The van der Waals surface area contributed by atoms with E-state index in [2.05, 4.69) is 15.5 Å². The Morgan fingerprint density at radius 1 is 0.818 bits per heavy atom. The molecule has 0 radical (unpaired) electrons. The summed E-state index contributed by atoms with van der Waals surface area (Å²) in [5, 5.41) is 6.44. The fraction of sp³-hybridized carbons (Fsp3) is 0.640. The summed E-state index contributed by atoms with van der Waals surface area (Å²) in [5.41, 5.74) is 2.27. The predicted octanol–water partition coefficient (Wildman–Crippen LogP) is 1.92. The van der Waals surface area contributed by atoms with Gasteiger partial charge in [-0.15, -0.1) is 0 Å². The molecule has 3 amide bonds. The van der Waals surface area contributed by atoms with Gasteiger partial charge in [-0.2, -0.15) is 0 Å². The zero-order chi connectivity index (χ0) is 22.8. The number of amides is 3. The third kappa shape index (κ3) is 5.00. The molecule has 1 aromatic rings. The number of piperazine rings is 2. The lowest BCUT2D eigenvalue weighted by molar-refractivity contribution is -0.132. The molecule has 0 bridgehead atoms. The van der Waals surface area contributed by atoms with E-state index in [9.17, 15) is 14.4 Å². The van der Waals surface area contributed by atoms with Gasteiger partial charge in [-0.05, 0) is 43.9 Å². The van der Waals surface area contributed by atoms with Crippen LogP contribution in [0.2, 0.25) is 0 Å². The largest absolute Gasteiger partial charge is 0.366 e. The standard InChI is InChI=1S/C25H35N5O3/c31-23(18-3-1-2-4-18)27-21-17-20(25(33)29-11-9-26-10-12-29)7-8-22(21)28-13-15-30(16-14-28)24(32)19-5-6-19/h7-8,17-19,26H,1-6,9-16H2,(H,27,31). The number of anilines is 2. The minimum absolute atomic E-state index is 0.0132. The molecule has 5 rings (SSSR count). The highest BCUT2D eigenvalue weighted by atomic mass is 16.2. The second-order valence-corrected chi connectivity index (χ2v) is 9.83. The molecular formula is C25H35N5O3. The summed E-state index contributed by atoms with van der Waals surface area (Å²) in [7, 11) is 0. The van der Waals surface area contributed by atoms with Crippen molar-refractivity contribution in [3.8, 4) is 0 Å². The lowest BCUT2D eigenvalue weighted by Crippen LogP contribution is -2.49. The topological polar surface area (TPSA) is 85.0 Å². The third-order valence-corrected chi connectivity index (χ3v) is 7.49. The molecule has 2 aliphatic carbocycles. The van der Waals surface area contributed by atoms with Crippen molar-refractivity contribution >= 4 is 29.1 Å². The average Bonchev–Trinajstić information content (AvgIpc) is 3.56. The molecular weight excluding hydrogens is 418 g/mol. The highest BCUT2D eigenvalue weighted by Gasteiger charge is 2.35. The highest BCUT2D eigenvalue weighted by Crippen LogP contribution is 2.34. The van der Waals surface area contributed by atoms with Crippen LogP contribution >= 0.6 is 0 Å². The van der Waals surface area contributed by atoms with Gasteiger partial charge < -0.3 is 25.3 Å². The van der Waals surface area contributed by atoms with Gasteiger partial charge in [0.15, 0.2) is 0 Å². The molecule has 0 spiro atoms. The molecule has 4 aliphatic rings. The van der Waals surface area contributed by atoms with Crippen LogP contribution in [0.4, 0.5) is 11.4 Å². The minimum atomic E-state index is 0.0132. The number of rotatable bonds is 5. The monoisotopic (exact) mass is 453 g/mol. The summed E-state index contributed by atoms with van der Waals surface area (Å²) in [6, 6.07) is 5.71. The second kappa shape index (κ2) is 9.71. The second-order valence-electron chi connectivity index (χ2n) is 9.83. The summed E-state index contributed by atoms with van der Waals surface area (Å²) < 4.78 is 0. The van der Waals surface area contributed by atoms with E-state index >= 15 is 0 Å². The molecule has 2 heterocycles. The summed E-state index contributed by atoms with van der Waals surface area (Å²) in [6.07, 6.45) is 6.12. The van der Waals surface area contributed by atoms with E-state index in [0.717, 1.165) is 76.1 Å². The van der Waals surface area contributed by atoms with Gasteiger partial charge in [-0.25, -0.2) is 0 Å². The Kier molecular flexibility index (Phi) is 6.53. The first-order valence-electron chi connectivity index (χ1n) is 12.6. The summed E-state index contributed by atoms with van der Waals surface area (Å²) in [6.45, 7) is 5.87. The van der Waals surface area contributed by atoms with Gasteiger partial charge in [0.05, 0.1) is 11.4 Å². The van der Waals surface area contributed by atoms with Crippen molar-refractivity contribution in [2.45, 2.75) is 38.5 Å². The van der Waals surface area contributed by atoms with Gasteiger partial charge in [0.1, 0.15) is 0 Å². The van der Waals surface area contributed by atoms with Crippen LogP contribution in [0.25, 0.3) is 0 Å². The predicted molar refractivity (Wildman–Crippen MR) is 127 cm³/mol. The van der Waals surface area contributed by atoms with Gasteiger partial charge in [0.2, 0.25) is 11.8 Å². The average molecular weight is 454 g/mol. The first-order valence-corrected chi connectivity index (χ1v) is 12.6. The van der Waals surface area contributed by atoms with Gasteiger partial charge in [0, 0.05) is 69.8 Å². The van der Waals surface area contributed by atoms with Crippen LogP contribution < -0.4 is 15.5 Å². The number of carbonyl (C=O) groups excluding carboxylic acids is 3. The Hall–Kier alpha value is -2.61. The van der Waals surface area contributed by atoms with Crippen molar-refractivity contribution in [3.63, 3.8) is 0 Å². The Morgan fingerprint density at radius 2 is 1.52 bits per heavy atom. The highest BCUT2D eigenvalue weighted by molar-refractivity contribution is 6.00. The van der Waals surface area contributed by atoms with E-state index in [1.807, 2.05) is 28.0 Å². The molecule has 4 fully saturated rings. The van der Waals surface area contributed by atoms with Crippen molar-refractivity contribution in [1.82, 2.24) is 15.1 Å².